The van der Waals surface area contributed by atoms with E-state index in [0.29, 0.717) is 31.6 Å². The molecule has 3 N–H and O–H groups in total. The van der Waals surface area contributed by atoms with E-state index in [9.17, 15) is 43.2 Å². The van der Waals surface area contributed by atoms with E-state index in [4.69, 9.17) is 37.0 Å². The zero-order valence-electron chi connectivity index (χ0n) is 54.0. The normalized spacial score (nSPS) is 14.2. The second-order valence-corrected chi connectivity index (χ2v) is 26.9. The van der Waals surface area contributed by atoms with Crippen LogP contribution in [0.5, 0.6) is 0 Å². The summed E-state index contributed by atoms with van der Waals surface area (Å²) in [7, 11) is -9.88. The first-order chi connectivity index (χ1) is 40.5. The molecule has 0 aliphatic heterocycles. The summed E-state index contributed by atoms with van der Waals surface area (Å²) in [4.78, 5) is 71.9. The number of carbonyl (C=O) groups excluding carboxylic acids is 4. The van der Waals surface area contributed by atoms with Crippen molar-refractivity contribution >= 4 is 39.5 Å². The highest BCUT2D eigenvalue weighted by Crippen LogP contribution is 2.45. The Hall–Kier alpha value is -1.94. The molecule has 0 radical (unpaired) electrons. The molecule has 0 heterocycles. The molecule has 0 aliphatic carbocycles. The monoisotopic (exact) mass is 1240 g/mol. The van der Waals surface area contributed by atoms with Gasteiger partial charge in [0.15, 0.2) is 12.2 Å². The van der Waals surface area contributed by atoms with Crippen LogP contribution in [0.15, 0.2) is 0 Å². The van der Waals surface area contributed by atoms with Crippen molar-refractivity contribution in [2.45, 2.75) is 348 Å². The Morgan fingerprint density at radius 1 is 0.321 bits per heavy atom. The minimum atomic E-state index is -4.94. The maximum atomic E-state index is 13.0. The van der Waals surface area contributed by atoms with E-state index in [-0.39, 0.29) is 25.7 Å². The topological polar surface area (TPSA) is 237 Å². The average Bonchev–Trinajstić information content (AvgIpc) is 3.50. The zero-order valence-corrected chi connectivity index (χ0v) is 55.8. The van der Waals surface area contributed by atoms with Crippen LogP contribution >= 0.6 is 15.6 Å². The highest BCUT2D eigenvalue weighted by Gasteiger charge is 2.30. The van der Waals surface area contributed by atoms with Gasteiger partial charge in [0.2, 0.25) is 0 Å². The van der Waals surface area contributed by atoms with Gasteiger partial charge in [-0.15, -0.1) is 0 Å². The zero-order chi connectivity index (χ0) is 62.0. The van der Waals surface area contributed by atoms with Crippen molar-refractivity contribution < 1.29 is 80.2 Å². The molecule has 0 saturated heterocycles. The Kier molecular flexibility index (Phi) is 57.4. The number of aliphatic hydroxyl groups excluding tert-OH is 1. The van der Waals surface area contributed by atoms with Gasteiger partial charge in [-0.05, 0) is 31.6 Å². The fourth-order valence-electron chi connectivity index (χ4n) is 9.76. The van der Waals surface area contributed by atoms with Crippen molar-refractivity contribution in [3.63, 3.8) is 0 Å². The number of carbonyl (C=O) groups is 4. The second-order valence-electron chi connectivity index (χ2n) is 24.0. The molecule has 498 valence electrons. The molecule has 17 nitrogen and oxygen atoms in total. The van der Waals surface area contributed by atoms with Crippen LogP contribution in [0.3, 0.4) is 0 Å². The van der Waals surface area contributed by atoms with Crippen molar-refractivity contribution in [2.75, 3.05) is 39.6 Å². The van der Waals surface area contributed by atoms with Crippen molar-refractivity contribution in [1.29, 1.82) is 0 Å². The maximum absolute atomic E-state index is 13.0. The summed E-state index contributed by atoms with van der Waals surface area (Å²) in [5.74, 6) is -1.44. The van der Waals surface area contributed by atoms with Crippen molar-refractivity contribution in [2.24, 2.45) is 5.92 Å². The number of phosphoric ester groups is 2. The molecule has 84 heavy (non-hydrogen) atoms. The Balaban J connectivity index is 5.09. The predicted octanol–water partition coefficient (Wildman–Crippen LogP) is 18.2. The number of esters is 4. The lowest BCUT2D eigenvalue weighted by Crippen LogP contribution is -2.30. The standard InChI is InChI=1S/C65H126O17P2/c1-6-9-12-15-18-19-20-21-22-23-24-25-26-27-28-29-30-35-41-46-51-65(70)82-61(55-76-63(68)49-44-39-36-31-34-37-42-47-58(4)5)57-80-84(73,74)78-53-59(66)52-77-83(71,72)79-56-60(81-64(69)50-45-40-33-17-14-11-8-3)54-75-62(67)48-43-38-32-16-13-10-7-2/h58-61,66H,6-57H2,1-5H3,(H,71,72)(H,73,74)/t59-,60+,61+/m0/s1. The SMILES string of the molecule is CCCCCCCCCCCCCCCCCCCCCCC(=O)O[C@H](COC(=O)CCCCCCCCCC(C)C)COP(=O)(O)OC[C@@H](O)COP(=O)(O)OC[C@@H](COC(=O)CCCCCCCCC)OC(=O)CCCCCCCCC. The molecule has 0 aromatic rings. The first kappa shape index (κ1) is 82.1. The van der Waals surface area contributed by atoms with Gasteiger partial charge in [-0.3, -0.25) is 37.3 Å². The number of aliphatic hydroxyl groups is 1. The summed E-state index contributed by atoms with van der Waals surface area (Å²) in [6.45, 7) is 7.06. The van der Waals surface area contributed by atoms with Crippen LogP contribution in [0.1, 0.15) is 330 Å². The van der Waals surface area contributed by atoms with Crippen LogP contribution in [-0.4, -0.2) is 96.7 Å². The highest BCUT2D eigenvalue weighted by molar-refractivity contribution is 7.47. The molecule has 0 amide bonds. The number of ether oxygens (including phenoxy) is 4. The third-order valence-electron chi connectivity index (χ3n) is 15.0. The van der Waals surface area contributed by atoms with E-state index in [1.807, 2.05) is 0 Å². The molecule has 0 aromatic heterocycles. The second kappa shape index (κ2) is 58.7. The molecule has 0 fully saturated rings. The third-order valence-corrected chi connectivity index (χ3v) is 16.9. The fourth-order valence-corrected chi connectivity index (χ4v) is 11.3. The first-order valence-corrected chi connectivity index (χ1v) is 37.1. The van der Waals surface area contributed by atoms with Crippen LogP contribution in [-0.2, 0) is 65.4 Å². The molecular weight excluding hydrogens is 1110 g/mol. The number of unbranched alkanes of at least 4 members (excludes halogenated alkanes) is 37. The Morgan fingerprint density at radius 3 is 0.810 bits per heavy atom. The predicted molar refractivity (Wildman–Crippen MR) is 335 cm³/mol. The molecule has 0 spiro atoms. The molecule has 0 aliphatic rings. The van der Waals surface area contributed by atoms with Gasteiger partial charge in [0.1, 0.15) is 19.3 Å². The number of hydrogen-bond acceptors (Lipinski definition) is 15. The van der Waals surface area contributed by atoms with Crippen LogP contribution in [0.2, 0.25) is 0 Å². The molecule has 0 bridgehead atoms. The lowest BCUT2D eigenvalue weighted by atomic mass is 10.0. The van der Waals surface area contributed by atoms with Gasteiger partial charge in [0.25, 0.3) is 0 Å². The van der Waals surface area contributed by atoms with Crippen molar-refractivity contribution in [3.05, 3.63) is 0 Å². The molecular formula is C65H126O17P2. The summed E-state index contributed by atoms with van der Waals surface area (Å²) < 4.78 is 67.8. The Morgan fingerprint density at radius 2 is 0.548 bits per heavy atom. The molecule has 2 unspecified atom stereocenters. The van der Waals surface area contributed by atoms with E-state index >= 15 is 0 Å². The van der Waals surface area contributed by atoms with Gasteiger partial charge >= 0.3 is 39.5 Å². The molecule has 0 saturated carbocycles. The van der Waals surface area contributed by atoms with Crippen LogP contribution < -0.4 is 0 Å². The van der Waals surface area contributed by atoms with Crippen LogP contribution in [0.4, 0.5) is 0 Å². The number of phosphoric acid groups is 2. The van der Waals surface area contributed by atoms with E-state index in [1.54, 1.807) is 0 Å². The summed E-state index contributed by atoms with van der Waals surface area (Å²) in [5, 5.41) is 10.5. The van der Waals surface area contributed by atoms with Crippen molar-refractivity contribution in [3.8, 4) is 0 Å². The summed E-state index contributed by atoms with van der Waals surface area (Å²) in [5.41, 5.74) is 0. The van der Waals surface area contributed by atoms with Gasteiger partial charge in [-0.2, -0.15) is 0 Å². The molecule has 0 aromatic carbocycles. The largest absolute Gasteiger partial charge is 0.472 e. The average molecular weight is 1240 g/mol. The van der Waals surface area contributed by atoms with Gasteiger partial charge < -0.3 is 33.8 Å². The Bertz CT molecular complexity index is 1640. The maximum Gasteiger partial charge on any atom is 0.472 e. The number of rotatable bonds is 65. The lowest BCUT2D eigenvalue weighted by molar-refractivity contribution is -0.161. The number of hydrogen-bond donors (Lipinski definition) is 3. The van der Waals surface area contributed by atoms with E-state index in [1.165, 1.54) is 122 Å². The molecule has 19 heteroatoms. The fraction of sp³-hybridized carbons (Fsp3) is 0.938. The minimum Gasteiger partial charge on any atom is -0.462 e. The smallest absolute Gasteiger partial charge is 0.462 e. The van der Waals surface area contributed by atoms with Gasteiger partial charge in [0, 0.05) is 25.7 Å². The molecule has 0 rings (SSSR count). The first-order valence-electron chi connectivity index (χ1n) is 34.1. The summed E-state index contributed by atoms with van der Waals surface area (Å²) in [6.07, 6.45) is 43.6. The third kappa shape index (κ3) is 59.0. The van der Waals surface area contributed by atoms with E-state index in [0.717, 1.165) is 122 Å². The summed E-state index contributed by atoms with van der Waals surface area (Å²) in [6, 6.07) is 0. The van der Waals surface area contributed by atoms with Gasteiger partial charge in [-0.1, -0.05) is 279 Å². The van der Waals surface area contributed by atoms with Crippen LogP contribution in [0, 0.1) is 5.92 Å². The van der Waals surface area contributed by atoms with Gasteiger partial charge in [-0.25, -0.2) is 9.13 Å². The van der Waals surface area contributed by atoms with Gasteiger partial charge in [0.05, 0.1) is 26.4 Å². The quantitative estimate of drug-likeness (QED) is 0.0222. The van der Waals surface area contributed by atoms with E-state index in [2.05, 4.69) is 34.6 Å². The van der Waals surface area contributed by atoms with Crippen molar-refractivity contribution in [1.82, 2.24) is 0 Å². The highest BCUT2D eigenvalue weighted by atomic mass is 31.2. The summed E-state index contributed by atoms with van der Waals surface area (Å²) >= 11 is 0. The van der Waals surface area contributed by atoms with E-state index < -0.39 is 97.5 Å². The minimum absolute atomic E-state index is 0.103. The Labute approximate surface area is 511 Å². The molecule has 5 atom stereocenters. The van der Waals surface area contributed by atoms with Crippen LogP contribution in [0.25, 0.3) is 0 Å². The lowest BCUT2D eigenvalue weighted by Gasteiger charge is -2.21.